The second-order valence-corrected chi connectivity index (χ2v) is 7.73. The van der Waals surface area contributed by atoms with Crippen LogP contribution in [0.5, 0.6) is 0 Å². The van der Waals surface area contributed by atoms with Crippen LogP contribution in [0.4, 0.5) is 11.6 Å². The molecular formula is C23H24N6O. The zero-order valence-electron chi connectivity index (χ0n) is 16.8. The largest absolute Gasteiger partial charge is 0.365 e. The van der Waals surface area contributed by atoms with Crippen molar-refractivity contribution in [1.29, 1.82) is 0 Å². The highest BCUT2D eigenvalue weighted by Gasteiger charge is 2.27. The molecule has 2 N–H and O–H groups in total. The van der Waals surface area contributed by atoms with Crippen molar-refractivity contribution >= 4 is 17.5 Å². The van der Waals surface area contributed by atoms with Gasteiger partial charge in [0.15, 0.2) is 5.82 Å². The van der Waals surface area contributed by atoms with Gasteiger partial charge in [0.1, 0.15) is 11.6 Å². The van der Waals surface area contributed by atoms with Crippen LogP contribution in [0.2, 0.25) is 0 Å². The Bertz CT molecular complexity index is 1080. The lowest BCUT2D eigenvalue weighted by Crippen LogP contribution is -2.48. The molecule has 0 saturated carbocycles. The monoisotopic (exact) mass is 400 g/mol. The zero-order valence-corrected chi connectivity index (χ0v) is 16.8. The number of anilines is 2. The van der Waals surface area contributed by atoms with E-state index in [1.54, 1.807) is 18.3 Å². The second kappa shape index (κ2) is 7.74. The van der Waals surface area contributed by atoms with Crippen molar-refractivity contribution < 1.29 is 4.79 Å². The number of piperazine rings is 1. The molecule has 7 nitrogen and oxygen atoms in total. The third kappa shape index (κ3) is 3.36. The molecule has 0 atom stereocenters. The Labute approximate surface area is 175 Å². The lowest BCUT2D eigenvalue weighted by atomic mass is 10.1. The quantitative estimate of drug-likeness (QED) is 0.724. The number of rotatable bonds is 4. The standard InChI is InChI=1S/C23H24N6O/c24-20(30)18-9-5-11-25-22(18)28-12-14-29(15-13-28)23-17-8-4-10-19(17)26-21(27-23)16-6-2-1-3-7-16/h1-3,5-7,9,11H,4,8,10,12-15H2,(H2,24,30). The van der Waals surface area contributed by atoms with E-state index in [-0.39, 0.29) is 0 Å². The molecule has 30 heavy (non-hydrogen) atoms. The molecule has 0 spiro atoms. The number of hydrogen-bond acceptors (Lipinski definition) is 6. The van der Waals surface area contributed by atoms with Crippen LogP contribution in [0.1, 0.15) is 28.0 Å². The van der Waals surface area contributed by atoms with Crippen molar-refractivity contribution in [3.05, 3.63) is 65.5 Å². The third-order valence-electron chi connectivity index (χ3n) is 5.87. The molecule has 1 saturated heterocycles. The first-order valence-electron chi connectivity index (χ1n) is 10.4. The summed E-state index contributed by atoms with van der Waals surface area (Å²) in [5, 5.41) is 0. The molecule has 0 unspecified atom stereocenters. The van der Waals surface area contributed by atoms with Crippen molar-refractivity contribution in [2.45, 2.75) is 19.3 Å². The molecule has 3 heterocycles. The van der Waals surface area contributed by atoms with E-state index < -0.39 is 5.91 Å². The maximum atomic E-state index is 11.8. The molecule has 1 amide bonds. The predicted octanol–water partition coefficient (Wildman–Crippen LogP) is 2.45. The fourth-order valence-corrected chi connectivity index (χ4v) is 4.36. The Morgan fingerprint density at radius 3 is 2.33 bits per heavy atom. The zero-order chi connectivity index (χ0) is 20.5. The lowest BCUT2D eigenvalue weighted by Gasteiger charge is -2.37. The number of pyridine rings is 1. The Morgan fingerprint density at radius 1 is 0.867 bits per heavy atom. The van der Waals surface area contributed by atoms with Gasteiger partial charge in [-0.3, -0.25) is 4.79 Å². The number of benzene rings is 1. The normalized spacial score (nSPS) is 15.9. The van der Waals surface area contributed by atoms with E-state index in [0.717, 1.165) is 62.6 Å². The molecule has 2 aromatic heterocycles. The summed E-state index contributed by atoms with van der Waals surface area (Å²) >= 11 is 0. The number of carbonyl (C=O) groups is 1. The average Bonchev–Trinajstić information content (AvgIpc) is 3.28. The summed E-state index contributed by atoms with van der Waals surface area (Å²) in [6.45, 7) is 3.15. The van der Waals surface area contributed by atoms with E-state index in [0.29, 0.717) is 11.4 Å². The van der Waals surface area contributed by atoms with Gasteiger partial charge in [0, 0.05) is 49.2 Å². The number of hydrogen-bond donors (Lipinski definition) is 1. The van der Waals surface area contributed by atoms with Crippen molar-refractivity contribution in [2.75, 3.05) is 36.0 Å². The van der Waals surface area contributed by atoms with Crippen LogP contribution >= 0.6 is 0 Å². The number of aryl methyl sites for hydroxylation is 1. The Morgan fingerprint density at radius 2 is 1.60 bits per heavy atom. The average molecular weight is 400 g/mol. The third-order valence-corrected chi connectivity index (χ3v) is 5.87. The number of amides is 1. The highest BCUT2D eigenvalue weighted by molar-refractivity contribution is 5.97. The van der Waals surface area contributed by atoms with Crippen molar-refractivity contribution in [3.8, 4) is 11.4 Å². The maximum Gasteiger partial charge on any atom is 0.252 e. The summed E-state index contributed by atoms with van der Waals surface area (Å²) in [5.74, 6) is 2.09. The van der Waals surface area contributed by atoms with Crippen LogP contribution in [-0.4, -0.2) is 47.0 Å². The molecule has 0 bridgehead atoms. The summed E-state index contributed by atoms with van der Waals surface area (Å²) in [4.78, 5) is 30.5. The summed E-state index contributed by atoms with van der Waals surface area (Å²) in [6.07, 6.45) is 4.88. The van der Waals surface area contributed by atoms with Gasteiger partial charge in [0.2, 0.25) is 0 Å². The van der Waals surface area contributed by atoms with Gasteiger partial charge in [-0.2, -0.15) is 0 Å². The molecule has 5 rings (SSSR count). The number of fused-ring (bicyclic) bond motifs is 1. The fraction of sp³-hybridized carbons (Fsp3) is 0.304. The van der Waals surface area contributed by atoms with E-state index in [2.05, 4.69) is 26.9 Å². The highest BCUT2D eigenvalue weighted by atomic mass is 16.1. The van der Waals surface area contributed by atoms with Crippen LogP contribution in [-0.2, 0) is 12.8 Å². The minimum Gasteiger partial charge on any atom is -0.365 e. The van der Waals surface area contributed by atoms with Crippen LogP contribution in [0, 0.1) is 0 Å². The van der Waals surface area contributed by atoms with Gasteiger partial charge < -0.3 is 15.5 Å². The van der Waals surface area contributed by atoms with Gasteiger partial charge in [-0.1, -0.05) is 30.3 Å². The predicted molar refractivity (Wildman–Crippen MR) is 117 cm³/mol. The Kier molecular flexibility index (Phi) is 4.78. The number of primary amides is 1. The maximum absolute atomic E-state index is 11.8. The molecule has 3 aromatic rings. The van der Waals surface area contributed by atoms with E-state index in [9.17, 15) is 4.79 Å². The minimum atomic E-state index is -0.443. The number of nitrogens with zero attached hydrogens (tertiary/aromatic N) is 5. The van der Waals surface area contributed by atoms with Crippen LogP contribution in [0.15, 0.2) is 48.7 Å². The number of aromatic nitrogens is 3. The summed E-state index contributed by atoms with van der Waals surface area (Å²) in [5.41, 5.74) is 9.53. The van der Waals surface area contributed by atoms with Gasteiger partial charge in [0.05, 0.1) is 5.56 Å². The highest BCUT2D eigenvalue weighted by Crippen LogP contribution is 2.32. The summed E-state index contributed by atoms with van der Waals surface area (Å²) in [7, 11) is 0. The molecular weight excluding hydrogens is 376 g/mol. The molecule has 1 aliphatic heterocycles. The van der Waals surface area contributed by atoms with Gasteiger partial charge in [-0.05, 0) is 31.4 Å². The van der Waals surface area contributed by atoms with Gasteiger partial charge in [-0.15, -0.1) is 0 Å². The first-order chi connectivity index (χ1) is 14.7. The van der Waals surface area contributed by atoms with E-state index >= 15 is 0 Å². The molecule has 7 heteroatoms. The van der Waals surface area contributed by atoms with Crippen molar-refractivity contribution in [2.24, 2.45) is 5.73 Å². The van der Waals surface area contributed by atoms with Gasteiger partial charge in [-0.25, -0.2) is 15.0 Å². The lowest BCUT2D eigenvalue weighted by molar-refractivity contribution is 0.100. The van der Waals surface area contributed by atoms with E-state index in [4.69, 9.17) is 15.7 Å². The Balaban J connectivity index is 1.42. The minimum absolute atomic E-state index is 0.443. The molecule has 1 aromatic carbocycles. The second-order valence-electron chi connectivity index (χ2n) is 7.73. The molecule has 152 valence electrons. The van der Waals surface area contributed by atoms with Gasteiger partial charge >= 0.3 is 0 Å². The van der Waals surface area contributed by atoms with Crippen LogP contribution in [0.3, 0.4) is 0 Å². The molecule has 1 aliphatic carbocycles. The van der Waals surface area contributed by atoms with Crippen molar-refractivity contribution in [1.82, 2.24) is 15.0 Å². The molecule has 1 fully saturated rings. The van der Waals surface area contributed by atoms with E-state index in [1.165, 1.54) is 11.3 Å². The molecule has 2 aliphatic rings. The smallest absolute Gasteiger partial charge is 0.252 e. The van der Waals surface area contributed by atoms with Crippen molar-refractivity contribution in [3.63, 3.8) is 0 Å². The number of carbonyl (C=O) groups excluding carboxylic acids is 1. The van der Waals surface area contributed by atoms with Crippen LogP contribution in [0.25, 0.3) is 11.4 Å². The Hall–Kier alpha value is -3.48. The van der Waals surface area contributed by atoms with Gasteiger partial charge in [0.25, 0.3) is 5.91 Å². The first kappa shape index (κ1) is 18.5. The SMILES string of the molecule is NC(=O)c1cccnc1N1CCN(c2nc(-c3ccccc3)nc3c2CCC3)CC1. The van der Waals surface area contributed by atoms with E-state index in [1.807, 2.05) is 18.2 Å². The number of nitrogens with two attached hydrogens (primary N) is 1. The fourth-order valence-electron chi connectivity index (χ4n) is 4.36. The topological polar surface area (TPSA) is 88.2 Å². The summed E-state index contributed by atoms with van der Waals surface area (Å²) in [6, 6.07) is 13.7. The first-order valence-corrected chi connectivity index (χ1v) is 10.4. The molecule has 0 radical (unpaired) electrons. The van der Waals surface area contributed by atoms with Crippen LogP contribution < -0.4 is 15.5 Å². The summed E-state index contributed by atoms with van der Waals surface area (Å²) < 4.78 is 0.